The molecule has 0 bridgehead atoms. The van der Waals surface area contributed by atoms with E-state index in [2.05, 4.69) is 4.74 Å². The Hall–Kier alpha value is -1.63. The predicted molar refractivity (Wildman–Crippen MR) is 56.5 cm³/mol. The molecule has 0 rings (SSSR count). The average Bonchev–Trinajstić information content (AvgIpc) is 2.22. The molecule has 7 nitrogen and oxygen atoms in total. The number of rotatable bonds is 6. The topological polar surface area (TPSA) is 102 Å². The Morgan fingerprint density at radius 2 is 2.00 bits per heavy atom. The SMILES string of the molecule is CCN(CCC(=O)NC(N)=O)CC(=O)OC. The third-order valence-corrected chi connectivity index (χ3v) is 1.95. The van der Waals surface area contributed by atoms with Gasteiger partial charge in [-0.2, -0.15) is 0 Å². The third-order valence-electron chi connectivity index (χ3n) is 1.95. The summed E-state index contributed by atoms with van der Waals surface area (Å²) in [6.07, 6.45) is 0.105. The van der Waals surface area contributed by atoms with Crippen LogP contribution < -0.4 is 11.1 Å². The highest BCUT2D eigenvalue weighted by Gasteiger charge is 2.11. The van der Waals surface area contributed by atoms with Gasteiger partial charge >= 0.3 is 12.0 Å². The minimum absolute atomic E-state index is 0.105. The summed E-state index contributed by atoms with van der Waals surface area (Å²) in [5.41, 5.74) is 4.78. The van der Waals surface area contributed by atoms with Crippen LogP contribution in [-0.4, -0.2) is 49.6 Å². The van der Waals surface area contributed by atoms with Gasteiger partial charge in [0, 0.05) is 13.0 Å². The van der Waals surface area contributed by atoms with Gasteiger partial charge in [-0.05, 0) is 6.54 Å². The second kappa shape index (κ2) is 7.63. The van der Waals surface area contributed by atoms with E-state index in [1.165, 1.54) is 7.11 Å². The van der Waals surface area contributed by atoms with Crippen LogP contribution in [0.3, 0.4) is 0 Å². The fraction of sp³-hybridized carbons (Fsp3) is 0.667. The molecule has 0 aliphatic rings. The Bertz CT molecular complexity index is 267. The molecule has 0 saturated heterocycles. The van der Waals surface area contributed by atoms with E-state index in [4.69, 9.17) is 5.73 Å². The van der Waals surface area contributed by atoms with Gasteiger partial charge in [0.25, 0.3) is 0 Å². The molecule has 3 amide bonds. The Labute approximate surface area is 93.9 Å². The normalized spacial score (nSPS) is 9.94. The summed E-state index contributed by atoms with van der Waals surface area (Å²) in [5.74, 6) is -0.826. The summed E-state index contributed by atoms with van der Waals surface area (Å²) in [6, 6.07) is -0.874. The van der Waals surface area contributed by atoms with Crippen molar-refractivity contribution in [2.24, 2.45) is 5.73 Å². The summed E-state index contributed by atoms with van der Waals surface area (Å²) in [4.78, 5) is 34.1. The number of carbonyl (C=O) groups is 3. The molecule has 16 heavy (non-hydrogen) atoms. The van der Waals surface area contributed by atoms with Crippen molar-refractivity contribution in [1.82, 2.24) is 10.2 Å². The van der Waals surface area contributed by atoms with Crippen LogP contribution in [-0.2, 0) is 14.3 Å². The molecule has 3 N–H and O–H groups in total. The van der Waals surface area contributed by atoms with Crippen molar-refractivity contribution >= 4 is 17.9 Å². The number of nitrogens with two attached hydrogens (primary N) is 1. The van der Waals surface area contributed by atoms with Crippen LogP contribution in [0.4, 0.5) is 4.79 Å². The van der Waals surface area contributed by atoms with Gasteiger partial charge in [0.15, 0.2) is 0 Å². The highest BCUT2D eigenvalue weighted by Crippen LogP contribution is 1.92. The molecule has 0 heterocycles. The molecule has 0 fully saturated rings. The van der Waals surface area contributed by atoms with Gasteiger partial charge in [-0.3, -0.25) is 19.8 Å². The van der Waals surface area contributed by atoms with Crippen molar-refractivity contribution in [3.63, 3.8) is 0 Å². The zero-order valence-electron chi connectivity index (χ0n) is 9.49. The number of urea groups is 1. The van der Waals surface area contributed by atoms with Gasteiger partial charge in [0.2, 0.25) is 5.91 Å². The summed E-state index contributed by atoms with van der Waals surface area (Å²) < 4.78 is 4.50. The third kappa shape index (κ3) is 6.77. The number of nitrogens with one attached hydrogen (secondary N) is 1. The van der Waals surface area contributed by atoms with E-state index in [0.717, 1.165) is 0 Å². The van der Waals surface area contributed by atoms with E-state index >= 15 is 0 Å². The summed E-state index contributed by atoms with van der Waals surface area (Å²) in [5, 5.41) is 1.95. The fourth-order valence-electron chi connectivity index (χ4n) is 1.06. The number of methoxy groups -OCH3 is 1. The van der Waals surface area contributed by atoms with Crippen molar-refractivity contribution in [3.8, 4) is 0 Å². The highest BCUT2D eigenvalue weighted by atomic mass is 16.5. The molecule has 7 heteroatoms. The van der Waals surface area contributed by atoms with Crippen LogP contribution in [0.5, 0.6) is 0 Å². The molecule has 0 atom stereocenters. The quantitative estimate of drug-likeness (QED) is 0.575. The van der Waals surface area contributed by atoms with Gasteiger partial charge < -0.3 is 10.5 Å². The number of primary amides is 1. The number of nitrogens with zero attached hydrogens (tertiary/aromatic N) is 1. The smallest absolute Gasteiger partial charge is 0.319 e. The van der Waals surface area contributed by atoms with Gasteiger partial charge in [0.05, 0.1) is 13.7 Å². The van der Waals surface area contributed by atoms with Crippen LogP contribution in [0.1, 0.15) is 13.3 Å². The van der Waals surface area contributed by atoms with Crippen molar-refractivity contribution in [2.75, 3.05) is 26.7 Å². The van der Waals surface area contributed by atoms with E-state index in [9.17, 15) is 14.4 Å². The lowest BCUT2D eigenvalue weighted by Crippen LogP contribution is -2.38. The zero-order chi connectivity index (χ0) is 12.6. The van der Waals surface area contributed by atoms with Crippen LogP contribution in [0.2, 0.25) is 0 Å². The number of hydrogen-bond acceptors (Lipinski definition) is 5. The van der Waals surface area contributed by atoms with Gasteiger partial charge in [0.1, 0.15) is 0 Å². The molecule has 0 aliphatic heterocycles. The van der Waals surface area contributed by atoms with Gasteiger partial charge in [-0.25, -0.2) is 4.79 Å². The maximum atomic E-state index is 11.1. The highest BCUT2D eigenvalue weighted by molar-refractivity contribution is 5.93. The van der Waals surface area contributed by atoms with Crippen molar-refractivity contribution in [3.05, 3.63) is 0 Å². The Kier molecular flexibility index (Phi) is 6.86. The number of carbonyl (C=O) groups excluding carboxylic acids is 3. The molecule has 92 valence electrons. The van der Waals surface area contributed by atoms with Crippen LogP contribution in [0.25, 0.3) is 0 Å². The molecular weight excluding hydrogens is 214 g/mol. The lowest BCUT2D eigenvalue weighted by molar-refractivity contribution is -0.142. The molecule has 0 radical (unpaired) electrons. The van der Waals surface area contributed by atoms with Crippen LogP contribution in [0, 0.1) is 0 Å². The minimum Gasteiger partial charge on any atom is -0.468 e. The minimum atomic E-state index is -0.874. The Balaban J connectivity index is 3.90. The summed E-state index contributed by atoms with van der Waals surface area (Å²) >= 11 is 0. The van der Waals surface area contributed by atoms with Crippen molar-refractivity contribution < 1.29 is 19.1 Å². The number of likely N-dealkylation sites (N-methyl/N-ethyl adjacent to an activating group) is 1. The first kappa shape index (κ1) is 14.4. The molecule has 0 aliphatic carbocycles. The average molecular weight is 231 g/mol. The molecular formula is C9H17N3O4. The van der Waals surface area contributed by atoms with E-state index in [0.29, 0.717) is 13.1 Å². The van der Waals surface area contributed by atoms with Gasteiger partial charge in [-0.15, -0.1) is 0 Å². The van der Waals surface area contributed by atoms with E-state index in [1.54, 1.807) is 4.90 Å². The first-order valence-corrected chi connectivity index (χ1v) is 4.88. The van der Waals surface area contributed by atoms with Crippen LogP contribution >= 0.6 is 0 Å². The van der Waals surface area contributed by atoms with Crippen molar-refractivity contribution in [2.45, 2.75) is 13.3 Å². The molecule has 0 aromatic carbocycles. The lowest BCUT2D eigenvalue weighted by atomic mass is 10.3. The largest absolute Gasteiger partial charge is 0.468 e. The fourth-order valence-corrected chi connectivity index (χ4v) is 1.06. The number of ether oxygens (including phenoxy) is 1. The molecule has 0 saturated carbocycles. The lowest BCUT2D eigenvalue weighted by Gasteiger charge is -2.17. The Morgan fingerprint density at radius 1 is 1.38 bits per heavy atom. The number of amides is 3. The first-order valence-electron chi connectivity index (χ1n) is 4.88. The number of hydrogen-bond donors (Lipinski definition) is 2. The molecule has 0 unspecified atom stereocenters. The zero-order valence-corrected chi connectivity index (χ0v) is 9.49. The van der Waals surface area contributed by atoms with Gasteiger partial charge in [-0.1, -0.05) is 6.92 Å². The maximum absolute atomic E-state index is 11.1. The predicted octanol–water partition coefficient (Wildman–Crippen LogP) is -0.934. The van der Waals surface area contributed by atoms with Crippen LogP contribution in [0.15, 0.2) is 0 Å². The monoisotopic (exact) mass is 231 g/mol. The molecule has 0 aromatic rings. The maximum Gasteiger partial charge on any atom is 0.319 e. The first-order chi connectivity index (χ1) is 7.49. The molecule has 0 spiro atoms. The number of esters is 1. The number of imide groups is 1. The second-order valence-electron chi connectivity index (χ2n) is 3.11. The van der Waals surface area contributed by atoms with Crippen molar-refractivity contribution in [1.29, 1.82) is 0 Å². The molecule has 0 aromatic heterocycles. The standard InChI is InChI=1S/C9H17N3O4/c1-3-12(6-8(14)16-2)5-4-7(13)11-9(10)15/h3-6H2,1-2H3,(H3,10,11,13,15). The van der Waals surface area contributed by atoms with E-state index in [1.807, 2.05) is 12.2 Å². The summed E-state index contributed by atoms with van der Waals surface area (Å²) in [7, 11) is 1.30. The summed E-state index contributed by atoms with van der Waals surface area (Å²) in [6.45, 7) is 2.95. The van der Waals surface area contributed by atoms with E-state index < -0.39 is 11.9 Å². The Morgan fingerprint density at radius 3 is 2.44 bits per heavy atom. The van der Waals surface area contributed by atoms with E-state index in [-0.39, 0.29) is 18.9 Å². The second-order valence-corrected chi connectivity index (χ2v) is 3.11.